The highest BCUT2D eigenvalue weighted by atomic mass is 16.5. The maximum Gasteiger partial charge on any atom is 0.0717 e. The molecule has 1 aromatic carbocycles. The van der Waals surface area contributed by atoms with Gasteiger partial charge in [-0.05, 0) is 30.0 Å². The summed E-state index contributed by atoms with van der Waals surface area (Å²) in [5.41, 5.74) is 2.16. The zero-order valence-electron chi connectivity index (χ0n) is 11.4. The summed E-state index contributed by atoms with van der Waals surface area (Å²) in [5.74, 6) is 6.90. The number of aliphatic hydroxyl groups excluding tert-OH is 1. The lowest BCUT2D eigenvalue weighted by atomic mass is 9.83. The van der Waals surface area contributed by atoms with Gasteiger partial charge in [-0.3, -0.25) is 0 Å². The van der Waals surface area contributed by atoms with Gasteiger partial charge in [-0.25, -0.2) is 0 Å². The van der Waals surface area contributed by atoms with Crippen molar-refractivity contribution < 1.29 is 9.84 Å². The van der Waals surface area contributed by atoms with Gasteiger partial charge in [0, 0.05) is 18.6 Å². The van der Waals surface area contributed by atoms with E-state index in [0.717, 1.165) is 18.1 Å². The summed E-state index contributed by atoms with van der Waals surface area (Å²) < 4.78 is 5.72. The second-order valence-corrected chi connectivity index (χ2v) is 5.11. The Morgan fingerprint density at radius 3 is 2.95 bits per heavy atom. The smallest absolute Gasteiger partial charge is 0.0717 e. The molecule has 0 aliphatic heterocycles. The summed E-state index contributed by atoms with van der Waals surface area (Å²) in [7, 11) is 0. The third-order valence-corrected chi connectivity index (χ3v) is 3.56. The zero-order chi connectivity index (χ0) is 13.3. The second-order valence-electron chi connectivity index (χ2n) is 5.11. The molecule has 0 atom stereocenters. The van der Waals surface area contributed by atoms with Crippen LogP contribution in [0.2, 0.25) is 0 Å². The fraction of sp³-hybridized carbons (Fsp3) is 0.529. The molecule has 0 bridgehead atoms. The van der Waals surface area contributed by atoms with Crippen LogP contribution in [0.4, 0.5) is 0 Å². The van der Waals surface area contributed by atoms with Gasteiger partial charge in [-0.2, -0.15) is 0 Å². The molecule has 0 unspecified atom stereocenters. The third-order valence-electron chi connectivity index (χ3n) is 3.56. The molecule has 1 saturated carbocycles. The second kappa shape index (κ2) is 7.99. The van der Waals surface area contributed by atoms with Crippen LogP contribution in [0.5, 0.6) is 0 Å². The van der Waals surface area contributed by atoms with Gasteiger partial charge in [0.15, 0.2) is 0 Å². The first-order chi connectivity index (χ1) is 9.38. The van der Waals surface area contributed by atoms with Gasteiger partial charge in [0.1, 0.15) is 0 Å². The Morgan fingerprint density at radius 2 is 2.21 bits per heavy atom. The van der Waals surface area contributed by atoms with Crippen molar-refractivity contribution in [1.82, 2.24) is 0 Å². The van der Waals surface area contributed by atoms with Crippen molar-refractivity contribution in [3.8, 4) is 11.8 Å². The maximum absolute atomic E-state index is 8.69. The first-order valence-corrected chi connectivity index (χ1v) is 7.15. The number of hydrogen-bond acceptors (Lipinski definition) is 2. The van der Waals surface area contributed by atoms with Crippen molar-refractivity contribution in [3.63, 3.8) is 0 Å². The quantitative estimate of drug-likeness (QED) is 0.627. The minimum atomic E-state index is 0.122. The van der Waals surface area contributed by atoms with E-state index in [9.17, 15) is 0 Å². The van der Waals surface area contributed by atoms with E-state index in [-0.39, 0.29) is 6.61 Å². The van der Waals surface area contributed by atoms with E-state index in [1.165, 1.54) is 31.2 Å². The Bertz CT molecular complexity index is 438. The third kappa shape index (κ3) is 5.06. The van der Waals surface area contributed by atoms with Crippen LogP contribution in [0.1, 0.15) is 43.2 Å². The van der Waals surface area contributed by atoms with Gasteiger partial charge in [-0.15, -0.1) is 0 Å². The standard InChI is InChI=1S/C17H22O2/c18-11-2-1-5-16-8-4-9-17(13-16)14-19-12-10-15-6-3-7-15/h4,8-9,13,15,18H,2-3,6-7,10-12,14H2. The largest absolute Gasteiger partial charge is 0.395 e. The highest BCUT2D eigenvalue weighted by molar-refractivity contribution is 5.36. The Labute approximate surface area is 115 Å². The van der Waals surface area contributed by atoms with Gasteiger partial charge < -0.3 is 9.84 Å². The van der Waals surface area contributed by atoms with Crippen LogP contribution < -0.4 is 0 Å². The molecule has 1 N–H and O–H groups in total. The molecule has 2 nitrogen and oxygen atoms in total. The van der Waals surface area contributed by atoms with Crippen molar-refractivity contribution in [1.29, 1.82) is 0 Å². The average molecular weight is 258 g/mol. The number of ether oxygens (including phenoxy) is 1. The van der Waals surface area contributed by atoms with Crippen LogP contribution in [0.25, 0.3) is 0 Å². The van der Waals surface area contributed by atoms with E-state index in [0.29, 0.717) is 13.0 Å². The number of benzene rings is 1. The predicted octanol–water partition coefficient (Wildman–Crippen LogP) is 3.13. The number of rotatable bonds is 6. The number of aliphatic hydroxyl groups is 1. The van der Waals surface area contributed by atoms with Crippen molar-refractivity contribution in [3.05, 3.63) is 35.4 Å². The zero-order valence-corrected chi connectivity index (χ0v) is 11.4. The van der Waals surface area contributed by atoms with Gasteiger partial charge >= 0.3 is 0 Å². The maximum atomic E-state index is 8.69. The summed E-state index contributed by atoms with van der Waals surface area (Å²) in [6.45, 7) is 1.66. The average Bonchev–Trinajstić information content (AvgIpc) is 2.37. The van der Waals surface area contributed by atoms with E-state index in [4.69, 9.17) is 9.84 Å². The van der Waals surface area contributed by atoms with E-state index >= 15 is 0 Å². The fourth-order valence-electron chi connectivity index (χ4n) is 2.18. The lowest BCUT2D eigenvalue weighted by Crippen LogP contribution is -2.13. The van der Waals surface area contributed by atoms with Gasteiger partial charge in [0.05, 0.1) is 13.2 Å². The van der Waals surface area contributed by atoms with E-state index in [1.54, 1.807) is 0 Å². The Hall–Kier alpha value is -1.30. The summed E-state index contributed by atoms with van der Waals surface area (Å²) in [6, 6.07) is 8.13. The number of hydrogen-bond donors (Lipinski definition) is 1. The summed E-state index contributed by atoms with van der Waals surface area (Å²) in [4.78, 5) is 0. The topological polar surface area (TPSA) is 29.5 Å². The van der Waals surface area contributed by atoms with Gasteiger partial charge in [0.2, 0.25) is 0 Å². The van der Waals surface area contributed by atoms with Gasteiger partial charge in [-0.1, -0.05) is 43.2 Å². The van der Waals surface area contributed by atoms with E-state index in [1.807, 2.05) is 12.1 Å². The molecule has 0 amide bonds. The Kier molecular flexibility index (Phi) is 5.94. The minimum absolute atomic E-state index is 0.122. The monoisotopic (exact) mass is 258 g/mol. The molecule has 0 saturated heterocycles. The van der Waals surface area contributed by atoms with Gasteiger partial charge in [0.25, 0.3) is 0 Å². The van der Waals surface area contributed by atoms with Crippen LogP contribution in [-0.2, 0) is 11.3 Å². The van der Waals surface area contributed by atoms with Crippen LogP contribution in [0, 0.1) is 17.8 Å². The summed E-state index contributed by atoms with van der Waals surface area (Å²) in [5, 5.41) is 8.69. The molecule has 0 radical (unpaired) electrons. The molecule has 102 valence electrons. The fourth-order valence-corrected chi connectivity index (χ4v) is 2.18. The van der Waals surface area contributed by atoms with Crippen molar-refractivity contribution >= 4 is 0 Å². The lowest BCUT2D eigenvalue weighted by Gasteiger charge is -2.24. The molecule has 2 heteroatoms. The first-order valence-electron chi connectivity index (χ1n) is 7.15. The van der Waals surface area contributed by atoms with Crippen LogP contribution in [-0.4, -0.2) is 18.3 Å². The minimum Gasteiger partial charge on any atom is -0.395 e. The highest BCUT2D eigenvalue weighted by Crippen LogP contribution is 2.29. The Balaban J connectivity index is 1.73. The summed E-state index contributed by atoms with van der Waals surface area (Å²) in [6.07, 6.45) is 5.91. The lowest BCUT2D eigenvalue weighted by molar-refractivity contribution is 0.0950. The molecule has 1 aromatic rings. The van der Waals surface area contributed by atoms with E-state index < -0.39 is 0 Å². The van der Waals surface area contributed by atoms with Crippen LogP contribution >= 0.6 is 0 Å². The highest BCUT2D eigenvalue weighted by Gasteiger charge is 2.16. The normalized spacial score (nSPS) is 14.6. The molecule has 19 heavy (non-hydrogen) atoms. The predicted molar refractivity (Wildman–Crippen MR) is 76.6 cm³/mol. The Morgan fingerprint density at radius 1 is 1.32 bits per heavy atom. The molecule has 2 rings (SSSR count). The van der Waals surface area contributed by atoms with E-state index in [2.05, 4.69) is 24.0 Å². The van der Waals surface area contributed by atoms with Crippen LogP contribution in [0.15, 0.2) is 24.3 Å². The van der Waals surface area contributed by atoms with Crippen molar-refractivity contribution in [2.45, 2.75) is 38.7 Å². The van der Waals surface area contributed by atoms with Crippen LogP contribution in [0.3, 0.4) is 0 Å². The molecular formula is C17H22O2. The molecule has 0 spiro atoms. The molecule has 1 aliphatic carbocycles. The SMILES string of the molecule is OCCC#Cc1cccc(COCCC2CCC2)c1. The molecule has 1 fully saturated rings. The molecule has 1 aliphatic rings. The summed E-state index contributed by atoms with van der Waals surface area (Å²) >= 11 is 0. The molecular weight excluding hydrogens is 236 g/mol. The molecule has 0 heterocycles. The first kappa shape index (κ1) is 14.1. The van der Waals surface area contributed by atoms with Crippen molar-refractivity contribution in [2.24, 2.45) is 5.92 Å². The molecule has 0 aromatic heterocycles. The van der Waals surface area contributed by atoms with Crippen molar-refractivity contribution in [2.75, 3.05) is 13.2 Å².